The Morgan fingerprint density at radius 2 is 2.45 bits per heavy atom. The number of nitrogens with zero attached hydrogens (tertiary/aromatic N) is 3. The Morgan fingerprint density at radius 1 is 1.60 bits per heavy atom. The van der Waals surface area contributed by atoms with Gasteiger partial charge in [0.25, 0.3) is 0 Å². The zero-order valence-electron chi connectivity index (χ0n) is 12.5. The van der Waals surface area contributed by atoms with Crippen LogP contribution in [0.4, 0.5) is 0 Å². The number of hydrogen-bond acceptors (Lipinski definition) is 4. The van der Waals surface area contributed by atoms with Crippen LogP contribution >= 0.6 is 0 Å². The van der Waals surface area contributed by atoms with Crippen molar-refractivity contribution in [3.63, 3.8) is 0 Å². The van der Waals surface area contributed by atoms with E-state index in [0.717, 1.165) is 51.0 Å². The Morgan fingerprint density at radius 3 is 3.05 bits per heavy atom. The number of nitrogens with one attached hydrogen (secondary N) is 2. The second kappa shape index (κ2) is 6.83. The maximum absolute atomic E-state index is 12.5. The number of carbonyl (C=O) groups is 1. The van der Waals surface area contributed by atoms with Gasteiger partial charge in [0.15, 0.2) is 0 Å². The van der Waals surface area contributed by atoms with Gasteiger partial charge in [-0.05, 0) is 25.8 Å². The van der Waals surface area contributed by atoms with Crippen molar-refractivity contribution in [3.05, 3.63) is 12.2 Å². The van der Waals surface area contributed by atoms with Crippen molar-refractivity contribution in [1.82, 2.24) is 25.4 Å². The second-order valence-corrected chi connectivity index (χ2v) is 5.67. The minimum Gasteiger partial charge on any atom is -0.355 e. The van der Waals surface area contributed by atoms with Crippen molar-refractivity contribution in [2.75, 3.05) is 19.6 Å². The summed E-state index contributed by atoms with van der Waals surface area (Å²) >= 11 is 0. The molecule has 1 saturated heterocycles. The lowest BCUT2D eigenvalue weighted by molar-refractivity contribution is -0.132. The lowest BCUT2D eigenvalue weighted by atomic mass is 9.76. The van der Waals surface area contributed by atoms with Crippen LogP contribution in [0, 0.1) is 5.41 Å². The third kappa shape index (κ3) is 3.36. The SMILES string of the molecule is CCCC1(C(=O)NCCc2nncn2C)CCCNC1. The maximum Gasteiger partial charge on any atom is 0.227 e. The van der Waals surface area contributed by atoms with Crippen molar-refractivity contribution in [2.24, 2.45) is 12.5 Å². The average molecular weight is 279 g/mol. The number of aromatic nitrogens is 3. The van der Waals surface area contributed by atoms with Gasteiger partial charge >= 0.3 is 0 Å². The van der Waals surface area contributed by atoms with Gasteiger partial charge in [0.1, 0.15) is 12.2 Å². The van der Waals surface area contributed by atoms with E-state index in [1.54, 1.807) is 6.33 Å². The maximum atomic E-state index is 12.5. The molecule has 1 amide bonds. The summed E-state index contributed by atoms with van der Waals surface area (Å²) in [4.78, 5) is 12.5. The van der Waals surface area contributed by atoms with Crippen molar-refractivity contribution >= 4 is 5.91 Å². The molecule has 6 nitrogen and oxygen atoms in total. The number of amides is 1. The molecule has 0 radical (unpaired) electrons. The molecular weight excluding hydrogens is 254 g/mol. The van der Waals surface area contributed by atoms with Gasteiger partial charge in [0.2, 0.25) is 5.91 Å². The Kier molecular flexibility index (Phi) is 5.11. The normalized spacial score (nSPS) is 22.7. The Balaban J connectivity index is 1.87. The molecule has 1 fully saturated rings. The molecule has 1 aromatic rings. The molecule has 0 aliphatic carbocycles. The molecule has 112 valence electrons. The molecule has 20 heavy (non-hydrogen) atoms. The molecule has 1 aliphatic rings. The number of piperidine rings is 1. The molecule has 1 aliphatic heterocycles. The highest BCUT2D eigenvalue weighted by Gasteiger charge is 2.38. The van der Waals surface area contributed by atoms with E-state index in [2.05, 4.69) is 27.8 Å². The average Bonchev–Trinajstić information content (AvgIpc) is 2.86. The summed E-state index contributed by atoms with van der Waals surface area (Å²) in [5, 5.41) is 14.3. The number of hydrogen-bond donors (Lipinski definition) is 2. The fraction of sp³-hybridized carbons (Fsp3) is 0.786. The van der Waals surface area contributed by atoms with Crippen LogP contribution in [0.1, 0.15) is 38.4 Å². The third-order valence-corrected chi connectivity index (χ3v) is 4.12. The fourth-order valence-corrected chi connectivity index (χ4v) is 2.98. The summed E-state index contributed by atoms with van der Waals surface area (Å²) < 4.78 is 1.89. The van der Waals surface area contributed by atoms with Crippen LogP contribution in [0.25, 0.3) is 0 Å². The van der Waals surface area contributed by atoms with Crippen molar-refractivity contribution < 1.29 is 4.79 Å². The first-order chi connectivity index (χ1) is 9.68. The molecule has 0 aromatic carbocycles. The first kappa shape index (κ1) is 15.0. The number of aryl methyl sites for hydroxylation is 1. The van der Waals surface area contributed by atoms with Crippen LogP contribution in [0.5, 0.6) is 0 Å². The van der Waals surface area contributed by atoms with Gasteiger partial charge in [-0.2, -0.15) is 0 Å². The van der Waals surface area contributed by atoms with Crippen molar-refractivity contribution in [2.45, 2.75) is 39.0 Å². The van der Waals surface area contributed by atoms with E-state index in [9.17, 15) is 4.79 Å². The molecule has 1 atom stereocenters. The van der Waals surface area contributed by atoms with E-state index in [1.807, 2.05) is 11.6 Å². The Bertz CT molecular complexity index is 431. The largest absolute Gasteiger partial charge is 0.355 e. The van der Waals surface area contributed by atoms with Gasteiger partial charge < -0.3 is 15.2 Å². The quantitative estimate of drug-likeness (QED) is 0.802. The first-order valence-corrected chi connectivity index (χ1v) is 7.50. The lowest BCUT2D eigenvalue weighted by Gasteiger charge is -2.36. The zero-order valence-corrected chi connectivity index (χ0v) is 12.5. The lowest BCUT2D eigenvalue weighted by Crippen LogP contribution is -2.50. The highest BCUT2D eigenvalue weighted by Crippen LogP contribution is 2.31. The minimum absolute atomic E-state index is 0.189. The second-order valence-electron chi connectivity index (χ2n) is 5.67. The molecular formula is C14H25N5O. The summed E-state index contributed by atoms with van der Waals surface area (Å²) in [5.74, 6) is 1.09. The zero-order chi connectivity index (χ0) is 14.4. The molecule has 1 unspecified atom stereocenters. The molecule has 2 rings (SSSR count). The van der Waals surface area contributed by atoms with E-state index in [0.29, 0.717) is 6.54 Å². The van der Waals surface area contributed by atoms with Gasteiger partial charge in [0, 0.05) is 26.6 Å². The van der Waals surface area contributed by atoms with Gasteiger partial charge in [0.05, 0.1) is 5.41 Å². The predicted octanol–water partition coefficient (Wildman–Crippen LogP) is 0.644. The van der Waals surface area contributed by atoms with E-state index >= 15 is 0 Å². The Labute approximate surface area is 120 Å². The van der Waals surface area contributed by atoms with Crippen LogP contribution < -0.4 is 10.6 Å². The van der Waals surface area contributed by atoms with E-state index in [-0.39, 0.29) is 11.3 Å². The molecule has 0 bridgehead atoms. The minimum atomic E-state index is -0.215. The standard InChI is InChI=1S/C14H25N5O/c1-3-6-14(7-4-8-15-10-14)13(20)16-9-5-12-18-17-11-19(12)2/h11,15H,3-10H2,1-2H3,(H,16,20). The first-order valence-electron chi connectivity index (χ1n) is 7.50. The summed E-state index contributed by atoms with van der Waals surface area (Å²) in [6, 6.07) is 0. The summed E-state index contributed by atoms with van der Waals surface area (Å²) in [6.07, 6.45) is 6.47. The van der Waals surface area contributed by atoms with Gasteiger partial charge in [-0.1, -0.05) is 13.3 Å². The van der Waals surface area contributed by atoms with Crippen LogP contribution in [-0.4, -0.2) is 40.3 Å². The van der Waals surface area contributed by atoms with E-state index < -0.39 is 0 Å². The highest BCUT2D eigenvalue weighted by molar-refractivity contribution is 5.83. The van der Waals surface area contributed by atoms with Gasteiger partial charge in [-0.25, -0.2) is 0 Å². The predicted molar refractivity (Wildman–Crippen MR) is 77.2 cm³/mol. The van der Waals surface area contributed by atoms with Crippen LogP contribution in [0.15, 0.2) is 6.33 Å². The van der Waals surface area contributed by atoms with Gasteiger partial charge in [-0.3, -0.25) is 4.79 Å². The summed E-state index contributed by atoms with van der Waals surface area (Å²) in [6.45, 7) is 4.59. The van der Waals surface area contributed by atoms with Crippen LogP contribution in [-0.2, 0) is 18.3 Å². The van der Waals surface area contributed by atoms with Crippen molar-refractivity contribution in [3.8, 4) is 0 Å². The molecule has 0 spiro atoms. The molecule has 6 heteroatoms. The monoisotopic (exact) mass is 279 g/mol. The summed E-state index contributed by atoms with van der Waals surface area (Å²) in [7, 11) is 1.92. The molecule has 2 heterocycles. The van der Waals surface area contributed by atoms with Crippen LogP contribution in [0.2, 0.25) is 0 Å². The Hall–Kier alpha value is -1.43. The molecule has 2 N–H and O–H groups in total. The smallest absolute Gasteiger partial charge is 0.227 e. The number of carbonyl (C=O) groups excluding carboxylic acids is 1. The third-order valence-electron chi connectivity index (χ3n) is 4.12. The number of rotatable bonds is 6. The molecule has 0 saturated carbocycles. The molecule has 1 aromatic heterocycles. The van der Waals surface area contributed by atoms with E-state index in [4.69, 9.17) is 0 Å². The highest BCUT2D eigenvalue weighted by atomic mass is 16.2. The van der Waals surface area contributed by atoms with Crippen LogP contribution in [0.3, 0.4) is 0 Å². The summed E-state index contributed by atoms with van der Waals surface area (Å²) in [5.41, 5.74) is -0.215. The fourth-order valence-electron chi connectivity index (χ4n) is 2.98. The van der Waals surface area contributed by atoms with Crippen molar-refractivity contribution in [1.29, 1.82) is 0 Å². The van der Waals surface area contributed by atoms with Gasteiger partial charge in [-0.15, -0.1) is 10.2 Å². The van der Waals surface area contributed by atoms with E-state index in [1.165, 1.54) is 0 Å². The topological polar surface area (TPSA) is 71.8 Å².